The number of benzene rings is 2. The van der Waals surface area contributed by atoms with Crippen LogP contribution < -0.4 is 10.2 Å². The van der Waals surface area contributed by atoms with Crippen molar-refractivity contribution in [1.29, 1.82) is 0 Å². The summed E-state index contributed by atoms with van der Waals surface area (Å²) in [6.07, 6.45) is 8.03. The van der Waals surface area contributed by atoms with Gasteiger partial charge in [-0.1, -0.05) is 24.3 Å². The van der Waals surface area contributed by atoms with Crippen molar-refractivity contribution in [1.82, 2.24) is 19.7 Å². The van der Waals surface area contributed by atoms with Crippen molar-refractivity contribution >= 4 is 17.3 Å². The Hall–Kier alpha value is -3.97. The van der Waals surface area contributed by atoms with E-state index in [1.807, 2.05) is 54.6 Å². The molecule has 0 spiro atoms. The molecule has 3 heterocycles. The number of hydrogen-bond donors (Lipinski definition) is 1. The number of nitrogens with one attached hydrogen (secondary N) is 1. The summed E-state index contributed by atoms with van der Waals surface area (Å²) in [5, 5.41) is 7.85. The summed E-state index contributed by atoms with van der Waals surface area (Å²) in [6, 6.07) is 21.7. The molecule has 6 rings (SSSR count). The molecule has 0 radical (unpaired) electrons. The SMILES string of the molecule is O=C(Nc1cccc(N2CCN(CC3CC3)CC2)c1)c1cn(-c2ccccc2)nc1-c1cccnc1. The van der Waals surface area contributed by atoms with Gasteiger partial charge in [-0.25, -0.2) is 4.68 Å². The van der Waals surface area contributed by atoms with Gasteiger partial charge in [0.05, 0.1) is 11.3 Å². The van der Waals surface area contributed by atoms with Crippen molar-refractivity contribution < 1.29 is 4.79 Å². The van der Waals surface area contributed by atoms with E-state index in [-0.39, 0.29) is 5.91 Å². The fourth-order valence-corrected chi connectivity index (χ4v) is 4.80. The van der Waals surface area contributed by atoms with Crippen LogP contribution in [0.4, 0.5) is 11.4 Å². The van der Waals surface area contributed by atoms with Crippen LogP contribution >= 0.6 is 0 Å². The highest BCUT2D eigenvalue weighted by molar-refractivity contribution is 6.08. The van der Waals surface area contributed by atoms with Crippen molar-refractivity contribution in [3.63, 3.8) is 0 Å². The summed E-state index contributed by atoms with van der Waals surface area (Å²) in [4.78, 5) is 22.7. The van der Waals surface area contributed by atoms with Crippen LogP contribution in [0.5, 0.6) is 0 Å². The van der Waals surface area contributed by atoms with Crippen LogP contribution in [0.2, 0.25) is 0 Å². The summed E-state index contributed by atoms with van der Waals surface area (Å²) < 4.78 is 1.74. The molecule has 1 aliphatic carbocycles. The minimum atomic E-state index is -0.192. The summed E-state index contributed by atoms with van der Waals surface area (Å²) >= 11 is 0. The van der Waals surface area contributed by atoms with E-state index >= 15 is 0 Å². The van der Waals surface area contributed by atoms with Gasteiger partial charge in [0.15, 0.2) is 0 Å². The third kappa shape index (κ3) is 5.02. The highest BCUT2D eigenvalue weighted by Crippen LogP contribution is 2.30. The Bertz CT molecular complexity index is 1320. The van der Waals surface area contributed by atoms with Crippen molar-refractivity contribution in [2.24, 2.45) is 5.92 Å². The van der Waals surface area contributed by atoms with Gasteiger partial charge >= 0.3 is 0 Å². The Kier molecular flexibility index (Phi) is 6.22. The number of piperazine rings is 1. The summed E-state index contributed by atoms with van der Waals surface area (Å²) in [7, 11) is 0. The van der Waals surface area contributed by atoms with E-state index in [1.54, 1.807) is 23.3 Å². The number of aromatic nitrogens is 3. The molecule has 182 valence electrons. The molecule has 7 heteroatoms. The summed E-state index contributed by atoms with van der Waals surface area (Å²) in [6.45, 7) is 5.47. The number of rotatable bonds is 7. The van der Waals surface area contributed by atoms with E-state index in [0.29, 0.717) is 11.3 Å². The fourth-order valence-electron chi connectivity index (χ4n) is 4.80. The summed E-state index contributed by atoms with van der Waals surface area (Å²) in [5.41, 5.74) is 4.73. The molecular formula is C29H30N6O. The topological polar surface area (TPSA) is 66.3 Å². The zero-order chi connectivity index (χ0) is 24.3. The third-order valence-electron chi connectivity index (χ3n) is 6.97. The molecule has 4 aromatic rings. The van der Waals surface area contributed by atoms with Gasteiger partial charge in [-0.2, -0.15) is 5.10 Å². The average molecular weight is 479 g/mol. The van der Waals surface area contributed by atoms with Crippen LogP contribution in [-0.2, 0) is 0 Å². The highest BCUT2D eigenvalue weighted by atomic mass is 16.1. The minimum absolute atomic E-state index is 0.192. The fraction of sp³-hybridized carbons (Fsp3) is 0.276. The quantitative estimate of drug-likeness (QED) is 0.416. The number of pyridine rings is 1. The Morgan fingerprint density at radius 2 is 1.72 bits per heavy atom. The maximum atomic E-state index is 13.5. The van der Waals surface area contributed by atoms with Crippen LogP contribution in [0.15, 0.2) is 85.3 Å². The Balaban J connectivity index is 1.21. The molecule has 1 saturated heterocycles. The third-order valence-corrected chi connectivity index (χ3v) is 6.97. The lowest BCUT2D eigenvalue weighted by atomic mass is 10.1. The first-order chi connectivity index (χ1) is 17.7. The molecule has 0 atom stereocenters. The average Bonchev–Trinajstić information content (AvgIpc) is 3.63. The van der Waals surface area contributed by atoms with Gasteiger partial charge in [0.2, 0.25) is 0 Å². The largest absolute Gasteiger partial charge is 0.369 e. The Morgan fingerprint density at radius 1 is 0.917 bits per heavy atom. The van der Waals surface area contributed by atoms with Gasteiger partial charge in [-0.05, 0) is 61.2 Å². The minimum Gasteiger partial charge on any atom is -0.369 e. The van der Waals surface area contributed by atoms with Gasteiger partial charge < -0.3 is 10.2 Å². The second-order valence-electron chi connectivity index (χ2n) is 9.65. The molecule has 2 aliphatic rings. The maximum absolute atomic E-state index is 13.5. The second-order valence-corrected chi connectivity index (χ2v) is 9.65. The van der Waals surface area contributed by atoms with Crippen molar-refractivity contribution in [3.05, 3.63) is 90.9 Å². The second kappa shape index (κ2) is 9.95. The first-order valence-electron chi connectivity index (χ1n) is 12.7. The number of carbonyl (C=O) groups excluding carboxylic acids is 1. The lowest BCUT2D eigenvalue weighted by Gasteiger charge is -2.36. The molecule has 36 heavy (non-hydrogen) atoms. The van der Waals surface area contributed by atoms with Gasteiger partial charge in [0.1, 0.15) is 5.69 Å². The molecule has 0 unspecified atom stereocenters. The van der Waals surface area contributed by atoms with Gasteiger partial charge in [-0.3, -0.25) is 14.7 Å². The predicted octanol–water partition coefficient (Wildman–Crippen LogP) is 4.72. The Labute approximate surface area is 211 Å². The van der Waals surface area contributed by atoms with E-state index < -0.39 is 0 Å². The Morgan fingerprint density at radius 3 is 2.47 bits per heavy atom. The molecule has 1 amide bonds. The number of nitrogens with zero attached hydrogens (tertiary/aromatic N) is 5. The lowest BCUT2D eigenvalue weighted by Crippen LogP contribution is -2.47. The van der Waals surface area contributed by atoms with Crippen molar-refractivity contribution in [2.75, 3.05) is 42.9 Å². The molecule has 1 aliphatic heterocycles. The monoisotopic (exact) mass is 478 g/mol. The molecule has 7 nitrogen and oxygen atoms in total. The van der Waals surface area contributed by atoms with Gasteiger partial charge in [0.25, 0.3) is 5.91 Å². The van der Waals surface area contributed by atoms with E-state index in [9.17, 15) is 4.79 Å². The molecule has 2 aromatic heterocycles. The predicted molar refractivity (Wildman–Crippen MR) is 143 cm³/mol. The molecular weight excluding hydrogens is 448 g/mol. The first-order valence-corrected chi connectivity index (χ1v) is 12.7. The zero-order valence-electron chi connectivity index (χ0n) is 20.3. The number of amides is 1. The van der Waals surface area contributed by atoms with E-state index in [2.05, 4.69) is 32.2 Å². The molecule has 2 aromatic carbocycles. The number of carbonyl (C=O) groups is 1. The number of para-hydroxylation sites is 1. The molecule has 2 fully saturated rings. The standard InChI is InChI=1S/C29H30N6O/c36-29(27-21-35(25-8-2-1-3-9-25)32-28(27)23-6-5-13-30-19-23)31-24-7-4-10-26(18-24)34-16-14-33(15-17-34)20-22-11-12-22/h1-10,13,18-19,21-22H,11-12,14-17,20H2,(H,31,36). The van der Waals surface area contributed by atoms with E-state index in [4.69, 9.17) is 5.10 Å². The summed E-state index contributed by atoms with van der Waals surface area (Å²) in [5.74, 6) is 0.736. The molecule has 0 bridgehead atoms. The van der Waals surface area contributed by atoms with Crippen LogP contribution in [-0.4, -0.2) is 58.3 Å². The van der Waals surface area contributed by atoms with Crippen LogP contribution in [0.1, 0.15) is 23.2 Å². The number of hydrogen-bond acceptors (Lipinski definition) is 5. The number of anilines is 2. The van der Waals surface area contributed by atoms with Crippen molar-refractivity contribution in [3.8, 4) is 16.9 Å². The molecule has 1 N–H and O–H groups in total. The van der Waals surface area contributed by atoms with Crippen LogP contribution in [0, 0.1) is 5.92 Å². The maximum Gasteiger partial charge on any atom is 0.259 e. The van der Waals surface area contributed by atoms with Crippen LogP contribution in [0.25, 0.3) is 16.9 Å². The van der Waals surface area contributed by atoms with Gasteiger partial charge in [-0.15, -0.1) is 0 Å². The van der Waals surface area contributed by atoms with E-state index in [1.165, 1.54) is 19.4 Å². The molecule has 1 saturated carbocycles. The normalized spacial score (nSPS) is 16.2. The zero-order valence-corrected chi connectivity index (χ0v) is 20.3. The first kappa shape index (κ1) is 22.5. The van der Waals surface area contributed by atoms with Gasteiger partial charge in [0, 0.05) is 68.3 Å². The van der Waals surface area contributed by atoms with E-state index in [0.717, 1.165) is 54.7 Å². The smallest absolute Gasteiger partial charge is 0.259 e. The van der Waals surface area contributed by atoms with Crippen LogP contribution in [0.3, 0.4) is 0 Å². The van der Waals surface area contributed by atoms with Crippen molar-refractivity contribution in [2.45, 2.75) is 12.8 Å². The highest BCUT2D eigenvalue weighted by Gasteiger charge is 2.26. The lowest BCUT2D eigenvalue weighted by molar-refractivity contribution is 0.102.